The van der Waals surface area contributed by atoms with Crippen molar-refractivity contribution in [2.75, 3.05) is 19.0 Å². The van der Waals surface area contributed by atoms with Gasteiger partial charge in [0.25, 0.3) is 5.91 Å². The Morgan fingerprint density at radius 2 is 2.19 bits per heavy atom. The van der Waals surface area contributed by atoms with E-state index in [4.69, 9.17) is 10.5 Å². The van der Waals surface area contributed by atoms with Crippen LogP contribution in [-0.4, -0.2) is 37.6 Å². The van der Waals surface area contributed by atoms with Crippen molar-refractivity contribution in [3.8, 4) is 0 Å². The lowest BCUT2D eigenvalue weighted by molar-refractivity contribution is -0.118. The third-order valence-corrected chi connectivity index (χ3v) is 3.33. The van der Waals surface area contributed by atoms with E-state index in [9.17, 15) is 9.59 Å². The molecular weight excluding hydrogens is 270 g/mol. The molecule has 1 aromatic carbocycles. The Morgan fingerprint density at radius 1 is 1.43 bits per heavy atom. The van der Waals surface area contributed by atoms with Crippen molar-refractivity contribution in [2.45, 2.75) is 31.4 Å². The van der Waals surface area contributed by atoms with Crippen LogP contribution in [0.5, 0.6) is 0 Å². The summed E-state index contributed by atoms with van der Waals surface area (Å²) in [6, 6.07) is 7.19. The molecule has 2 amide bonds. The molecule has 0 saturated heterocycles. The number of hydrogen-bond donors (Lipinski definition) is 3. The zero-order chi connectivity index (χ0) is 15.2. The molecule has 1 unspecified atom stereocenters. The first-order valence-corrected chi connectivity index (χ1v) is 7.06. The number of amides is 2. The Morgan fingerprint density at radius 3 is 2.81 bits per heavy atom. The summed E-state index contributed by atoms with van der Waals surface area (Å²) in [6.45, 7) is 0.285. The Hall–Kier alpha value is -1.92. The molecule has 1 atom stereocenters. The van der Waals surface area contributed by atoms with Crippen molar-refractivity contribution < 1.29 is 14.3 Å². The van der Waals surface area contributed by atoms with Crippen LogP contribution < -0.4 is 16.4 Å². The molecule has 1 saturated carbocycles. The maximum Gasteiger partial charge on any atom is 0.251 e. The van der Waals surface area contributed by atoms with Crippen LogP contribution in [0.2, 0.25) is 0 Å². The smallest absolute Gasteiger partial charge is 0.251 e. The molecule has 1 aliphatic rings. The highest BCUT2D eigenvalue weighted by Crippen LogP contribution is 2.20. The Kier molecular flexibility index (Phi) is 5.30. The number of anilines is 1. The summed E-state index contributed by atoms with van der Waals surface area (Å²) in [7, 11) is 1.52. The molecule has 0 bridgehead atoms. The van der Waals surface area contributed by atoms with Crippen LogP contribution in [0.3, 0.4) is 0 Å². The van der Waals surface area contributed by atoms with Gasteiger partial charge in [-0.3, -0.25) is 9.59 Å². The second-order valence-electron chi connectivity index (χ2n) is 5.17. The van der Waals surface area contributed by atoms with Gasteiger partial charge in [-0.15, -0.1) is 0 Å². The molecule has 6 heteroatoms. The molecule has 0 radical (unpaired) electrons. The fourth-order valence-corrected chi connectivity index (χ4v) is 1.92. The van der Waals surface area contributed by atoms with Crippen molar-refractivity contribution in [1.29, 1.82) is 0 Å². The van der Waals surface area contributed by atoms with Gasteiger partial charge in [-0.05, 0) is 31.0 Å². The van der Waals surface area contributed by atoms with E-state index >= 15 is 0 Å². The van der Waals surface area contributed by atoms with Crippen LogP contribution in [0, 0.1) is 0 Å². The molecular formula is C15H21N3O3. The van der Waals surface area contributed by atoms with Crippen LogP contribution >= 0.6 is 0 Å². The zero-order valence-electron chi connectivity index (χ0n) is 12.1. The summed E-state index contributed by atoms with van der Waals surface area (Å²) in [5.74, 6) is -0.294. The average molecular weight is 291 g/mol. The van der Waals surface area contributed by atoms with Crippen molar-refractivity contribution in [3.63, 3.8) is 0 Å². The summed E-state index contributed by atoms with van der Waals surface area (Å²) in [5.41, 5.74) is 6.62. The fraction of sp³-hybridized carbons (Fsp3) is 0.467. The first-order chi connectivity index (χ1) is 10.1. The van der Waals surface area contributed by atoms with E-state index < -0.39 is 0 Å². The van der Waals surface area contributed by atoms with E-state index in [1.807, 2.05) is 0 Å². The van der Waals surface area contributed by atoms with Gasteiger partial charge < -0.3 is 21.1 Å². The summed E-state index contributed by atoms with van der Waals surface area (Å²) < 4.78 is 5.07. The SMILES string of the molecule is COC(CN)CC(=O)Nc1cccc(C(=O)NC2CC2)c1. The number of nitrogens with one attached hydrogen (secondary N) is 2. The molecule has 1 aromatic rings. The van der Waals surface area contributed by atoms with E-state index in [0.717, 1.165) is 12.8 Å². The van der Waals surface area contributed by atoms with Crippen molar-refractivity contribution in [1.82, 2.24) is 5.32 Å². The molecule has 1 aliphatic carbocycles. The van der Waals surface area contributed by atoms with E-state index in [-0.39, 0.29) is 30.9 Å². The van der Waals surface area contributed by atoms with Crippen LogP contribution in [-0.2, 0) is 9.53 Å². The minimum atomic E-state index is -0.300. The first-order valence-electron chi connectivity index (χ1n) is 7.06. The third-order valence-electron chi connectivity index (χ3n) is 3.33. The molecule has 21 heavy (non-hydrogen) atoms. The quantitative estimate of drug-likeness (QED) is 0.695. The monoisotopic (exact) mass is 291 g/mol. The normalized spacial score (nSPS) is 15.3. The molecule has 6 nitrogen and oxygen atoms in total. The van der Waals surface area contributed by atoms with Gasteiger partial charge in [0.15, 0.2) is 0 Å². The summed E-state index contributed by atoms with van der Waals surface area (Å²) in [5, 5.41) is 5.66. The summed E-state index contributed by atoms with van der Waals surface area (Å²) >= 11 is 0. The number of hydrogen-bond acceptors (Lipinski definition) is 4. The number of benzene rings is 1. The minimum absolute atomic E-state index is 0.106. The Balaban J connectivity index is 1.93. The largest absolute Gasteiger partial charge is 0.380 e. The second-order valence-corrected chi connectivity index (χ2v) is 5.17. The summed E-state index contributed by atoms with van der Waals surface area (Å²) in [6.07, 6.45) is 1.97. The number of rotatable bonds is 7. The van der Waals surface area contributed by atoms with Crippen LogP contribution in [0.1, 0.15) is 29.6 Å². The van der Waals surface area contributed by atoms with E-state index in [1.54, 1.807) is 24.3 Å². The lowest BCUT2D eigenvalue weighted by Gasteiger charge is -2.13. The number of methoxy groups -OCH3 is 1. The molecule has 0 aromatic heterocycles. The fourth-order valence-electron chi connectivity index (χ4n) is 1.92. The maximum atomic E-state index is 11.9. The van der Waals surface area contributed by atoms with Gasteiger partial charge in [0.2, 0.25) is 5.91 Å². The molecule has 2 rings (SSSR count). The van der Waals surface area contributed by atoms with E-state index in [0.29, 0.717) is 17.3 Å². The predicted molar refractivity (Wildman–Crippen MR) is 80.0 cm³/mol. The molecule has 114 valence electrons. The van der Waals surface area contributed by atoms with Gasteiger partial charge >= 0.3 is 0 Å². The van der Waals surface area contributed by atoms with Gasteiger partial charge in [-0.1, -0.05) is 6.07 Å². The highest BCUT2D eigenvalue weighted by atomic mass is 16.5. The van der Waals surface area contributed by atoms with Gasteiger partial charge in [0, 0.05) is 30.9 Å². The first kappa shape index (κ1) is 15.5. The average Bonchev–Trinajstić information content (AvgIpc) is 3.29. The van der Waals surface area contributed by atoms with Crippen LogP contribution in [0.15, 0.2) is 24.3 Å². The Bertz CT molecular complexity index is 511. The highest BCUT2D eigenvalue weighted by molar-refractivity contribution is 5.97. The maximum absolute atomic E-state index is 11.9. The molecule has 0 spiro atoms. The highest BCUT2D eigenvalue weighted by Gasteiger charge is 2.23. The topological polar surface area (TPSA) is 93.4 Å². The number of carbonyl (C=O) groups excluding carboxylic acids is 2. The van der Waals surface area contributed by atoms with Gasteiger partial charge in [-0.2, -0.15) is 0 Å². The molecule has 0 aliphatic heterocycles. The predicted octanol–water partition coefficient (Wildman–Crippen LogP) is 0.881. The van der Waals surface area contributed by atoms with Gasteiger partial charge in [-0.25, -0.2) is 0 Å². The summed E-state index contributed by atoms with van der Waals surface area (Å²) in [4.78, 5) is 23.8. The third kappa shape index (κ3) is 4.84. The standard InChI is InChI=1S/C15H21N3O3/c1-21-13(9-16)8-14(19)17-12-4-2-3-10(7-12)15(20)18-11-5-6-11/h2-4,7,11,13H,5-6,8-9,16H2,1H3,(H,17,19)(H,18,20). The number of carbonyl (C=O) groups is 2. The minimum Gasteiger partial charge on any atom is -0.380 e. The Labute approximate surface area is 124 Å². The van der Waals surface area contributed by atoms with Gasteiger partial charge in [0.05, 0.1) is 12.5 Å². The van der Waals surface area contributed by atoms with Crippen molar-refractivity contribution in [3.05, 3.63) is 29.8 Å². The number of nitrogens with two attached hydrogens (primary N) is 1. The van der Waals surface area contributed by atoms with Gasteiger partial charge in [0.1, 0.15) is 0 Å². The lowest BCUT2D eigenvalue weighted by atomic mass is 10.1. The van der Waals surface area contributed by atoms with Crippen molar-refractivity contribution >= 4 is 17.5 Å². The zero-order valence-corrected chi connectivity index (χ0v) is 12.1. The molecule has 0 heterocycles. The second kappa shape index (κ2) is 7.19. The van der Waals surface area contributed by atoms with Crippen LogP contribution in [0.25, 0.3) is 0 Å². The van der Waals surface area contributed by atoms with E-state index in [1.165, 1.54) is 7.11 Å². The lowest BCUT2D eigenvalue weighted by Crippen LogP contribution is -2.28. The number of ether oxygens (including phenoxy) is 1. The molecule has 4 N–H and O–H groups in total. The van der Waals surface area contributed by atoms with E-state index in [2.05, 4.69) is 10.6 Å². The van der Waals surface area contributed by atoms with Crippen molar-refractivity contribution in [2.24, 2.45) is 5.73 Å². The molecule has 1 fully saturated rings. The van der Waals surface area contributed by atoms with Crippen LogP contribution in [0.4, 0.5) is 5.69 Å².